The van der Waals surface area contributed by atoms with E-state index in [-0.39, 0.29) is 6.54 Å². The molecule has 1 rings (SSSR count). The molecule has 2 amide bonds. The fraction of sp³-hybridized carbons (Fsp3) is 0.364. The second-order valence-corrected chi connectivity index (χ2v) is 3.40. The molecular weight excluding hydrogens is 238 g/mol. The maximum Gasteiger partial charge on any atom is 0.329 e. The first-order chi connectivity index (χ1) is 8.63. The number of hydrazone groups is 1. The molecule has 7 heteroatoms. The van der Waals surface area contributed by atoms with E-state index in [0.717, 1.165) is 5.76 Å². The van der Waals surface area contributed by atoms with Crippen LogP contribution in [-0.2, 0) is 14.3 Å². The Labute approximate surface area is 104 Å². The number of furan rings is 1. The molecule has 7 nitrogen and oxygen atoms in total. The lowest BCUT2D eigenvalue weighted by Gasteiger charge is -2.02. The van der Waals surface area contributed by atoms with Crippen LogP contribution in [0.1, 0.15) is 11.5 Å². The molecule has 0 unspecified atom stereocenters. The molecule has 2 N–H and O–H groups in total. The molecule has 1 aromatic rings. The van der Waals surface area contributed by atoms with Crippen molar-refractivity contribution in [2.24, 2.45) is 5.10 Å². The lowest BCUT2D eigenvalue weighted by atomic mass is 10.4. The van der Waals surface area contributed by atoms with E-state index in [0.29, 0.717) is 12.4 Å². The van der Waals surface area contributed by atoms with Crippen LogP contribution < -0.4 is 10.7 Å². The van der Waals surface area contributed by atoms with Crippen LogP contribution in [0.5, 0.6) is 0 Å². The van der Waals surface area contributed by atoms with E-state index >= 15 is 0 Å². The largest absolute Gasteiger partial charge is 0.460 e. The summed E-state index contributed by atoms with van der Waals surface area (Å²) in [6, 6.07) is 3.46. The quantitative estimate of drug-likeness (QED) is 0.329. The van der Waals surface area contributed by atoms with E-state index in [4.69, 9.17) is 9.15 Å². The van der Waals surface area contributed by atoms with Crippen molar-refractivity contribution in [3.63, 3.8) is 0 Å². The lowest BCUT2D eigenvalue weighted by Crippen LogP contribution is -2.39. The van der Waals surface area contributed by atoms with Gasteiger partial charge in [0.25, 0.3) is 0 Å². The van der Waals surface area contributed by atoms with Gasteiger partial charge in [0.15, 0.2) is 0 Å². The molecule has 0 aliphatic carbocycles. The number of amides is 2. The third-order valence-corrected chi connectivity index (χ3v) is 1.92. The standard InChI is InChI=1S/C11H15N3O4/c1-8-3-4-9(18-8)7-13-14-11(16)10(15)12-5-6-17-2/h3-4,7H,5-6H2,1-2H3,(H,12,15)(H,14,16). The number of hydrogen-bond donors (Lipinski definition) is 2. The summed E-state index contributed by atoms with van der Waals surface area (Å²) in [5.74, 6) is -0.377. The summed E-state index contributed by atoms with van der Waals surface area (Å²) in [6.45, 7) is 2.40. The van der Waals surface area contributed by atoms with Gasteiger partial charge in [0, 0.05) is 13.7 Å². The van der Waals surface area contributed by atoms with Gasteiger partial charge < -0.3 is 14.5 Å². The maximum absolute atomic E-state index is 11.2. The fourth-order valence-corrected chi connectivity index (χ4v) is 1.08. The van der Waals surface area contributed by atoms with Crippen LogP contribution in [0, 0.1) is 6.92 Å². The zero-order chi connectivity index (χ0) is 13.4. The molecule has 0 atom stereocenters. The predicted octanol–water partition coefficient (Wildman–Crippen LogP) is -0.199. The zero-order valence-electron chi connectivity index (χ0n) is 10.2. The molecule has 0 aromatic carbocycles. The Morgan fingerprint density at radius 1 is 1.44 bits per heavy atom. The lowest BCUT2D eigenvalue weighted by molar-refractivity contribution is -0.139. The number of rotatable bonds is 5. The summed E-state index contributed by atoms with van der Waals surface area (Å²) < 4.78 is 9.91. The summed E-state index contributed by atoms with van der Waals surface area (Å²) >= 11 is 0. The zero-order valence-corrected chi connectivity index (χ0v) is 10.2. The molecule has 0 aliphatic heterocycles. The molecule has 0 fully saturated rings. The summed E-state index contributed by atoms with van der Waals surface area (Å²) in [5, 5.41) is 5.96. The average Bonchev–Trinajstić information content (AvgIpc) is 2.75. The van der Waals surface area contributed by atoms with E-state index in [1.165, 1.54) is 13.3 Å². The van der Waals surface area contributed by atoms with Gasteiger partial charge in [-0.05, 0) is 19.1 Å². The Hall–Kier alpha value is -2.15. The number of nitrogens with zero attached hydrogens (tertiary/aromatic N) is 1. The summed E-state index contributed by atoms with van der Waals surface area (Å²) in [6.07, 6.45) is 1.31. The number of ether oxygens (including phenoxy) is 1. The van der Waals surface area contributed by atoms with E-state index in [1.807, 2.05) is 0 Å². The molecule has 0 radical (unpaired) electrons. The molecule has 0 bridgehead atoms. The van der Waals surface area contributed by atoms with Crippen molar-refractivity contribution in [3.8, 4) is 0 Å². The third kappa shape index (κ3) is 4.79. The van der Waals surface area contributed by atoms with Gasteiger partial charge in [0.1, 0.15) is 11.5 Å². The smallest absolute Gasteiger partial charge is 0.329 e. The van der Waals surface area contributed by atoms with Gasteiger partial charge in [0.05, 0.1) is 12.8 Å². The van der Waals surface area contributed by atoms with Gasteiger partial charge in [-0.2, -0.15) is 5.10 Å². The molecule has 1 aromatic heterocycles. The second-order valence-electron chi connectivity index (χ2n) is 3.40. The summed E-state index contributed by atoms with van der Waals surface area (Å²) in [7, 11) is 1.50. The number of nitrogens with one attached hydrogen (secondary N) is 2. The van der Waals surface area contributed by atoms with Crippen LogP contribution in [-0.4, -0.2) is 38.3 Å². The average molecular weight is 253 g/mol. The minimum atomic E-state index is -0.842. The van der Waals surface area contributed by atoms with Gasteiger partial charge in [0.2, 0.25) is 0 Å². The highest BCUT2D eigenvalue weighted by molar-refractivity contribution is 6.35. The molecular formula is C11H15N3O4. The topological polar surface area (TPSA) is 92.9 Å². The number of methoxy groups -OCH3 is 1. The highest BCUT2D eigenvalue weighted by atomic mass is 16.5. The van der Waals surface area contributed by atoms with Crippen molar-refractivity contribution in [3.05, 3.63) is 23.7 Å². The van der Waals surface area contributed by atoms with E-state index < -0.39 is 11.8 Å². The highest BCUT2D eigenvalue weighted by Gasteiger charge is 2.11. The highest BCUT2D eigenvalue weighted by Crippen LogP contribution is 2.02. The van der Waals surface area contributed by atoms with E-state index in [1.54, 1.807) is 19.1 Å². The Bertz CT molecular complexity index is 439. The van der Waals surface area contributed by atoms with E-state index in [9.17, 15) is 9.59 Å². The van der Waals surface area contributed by atoms with Crippen LogP contribution in [0.3, 0.4) is 0 Å². The molecule has 0 saturated carbocycles. The number of carbonyl (C=O) groups excluding carboxylic acids is 2. The predicted molar refractivity (Wildman–Crippen MR) is 64.1 cm³/mol. The maximum atomic E-state index is 11.2. The van der Waals surface area contributed by atoms with E-state index in [2.05, 4.69) is 15.8 Å². The fourth-order valence-electron chi connectivity index (χ4n) is 1.08. The first-order valence-corrected chi connectivity index (χ1v) is 5.30. The molecule has 1 heterocycles. The van der Waals surface area contributed by atoms with Crippen LogP contribution in [0.25, 0.3) is 0 Å². The van der Waals surface area contributed by atoms with Crippen LogP contribution >= 0.6 is 0 Å². The minimum Gasteiger partial charge on any atom is -0.460 e. The van der Waals surface area contributed by atoms with Gasteiger partial charge in [-0.3, -0.25) is 9.59 Å². The van der Waals surface area contributed by atoms with Crippen LogP contribution in [0.2, 0.25) is 0 Å². The first kappa shape index (κ1) is 13.9. The molecule has 0 spiro atoms. The Balaban J connectivity index is 2.32. The van der Waals surface area contributed by atoms with Crippen LogP contribution in [0.15, 0.2) is 21.7 Å². The van der Waals surface area contributed by atoms with Crippen molar-refractivity contribution in [2.45, 2.75) is 6.92 Å². The monoisotopic (exact) mass is 253 g/mol. The third-order valence-electron chi connectivity index (χ3n) is 1.92. The van der Waals surface area contributed by atoms with Gasteiger partial charge >= 0.3 is 11.8 Å². The first-order valence-electron chi connectivity index (χ1n) is 5.30. The minimum absolute atomic E-state index is 0.268. The molecule has 0 aliphatic rings. The van der Waals surface area contributed by atoms with Crippen LogP contribution in [0.4, 0.5) is 0 Å². The number of carbonyl (C=O) groups is 2. The summed E-state index contributed by atoms with van der Waals surface area (Å²) in [5.41, 5.74) is 2.08. The Morgan fingerprint density at radius 3 is 2.83 bits per heavy atom. The Kier molecular flexibility index (Phi) is 5.59. The SMILES string of the molecule is COCCNC(=O)C(=O)NN=Cc1ccc(C)o1. The second kappa shape index (κ2) is 7.23. The Morgan fingerprint density at radius 2 is 2.22 bits per heavy atom. The number of aryl methyl sites for hydroxylation is 1. The molecule has 0 saturated heterocycles. The van der Waals surface area contributed by atoms with Gasteiger partial charge in [-0.15, -0.1) is 0 Å². The molecule has 98 valence electrons. The van der Waals surface area contributed by atoms with Crippen molar-refractivity contribution < 1.29 is 18.7 Å². The van der Waals surface area contributed by atoms with Crippen molar-refractivity contribution >= 4 is 18.0 Å². The van der Waals surface area contributed by atoms with Crippen molar-refractivity contribution in [2.75, 3.05) is 20.3 Å². The van der Waals surface area contributed by atoms with Gasteiger partial charge in [-0.25, -0.2) is 5.43 Å². The van der Waals surface area contributed by atoms with Crippen molar-refractivity contribution in [1.82, 2.24) is 10.7 Å². The van der Waals surface area contributed by atoms with Crippen molar-refractivity contribution in [1.29, 1.82) is 0 Å². The molecule has 18 heavy (non-hydrogen) atoms. The normalized spacial score (nSPS) is 10.6. The van der Waals surface area contributed by atoms with Gasteiger partial charge in [-0.1, -0.05) is 0 Å². The summed E-state index contributed by atoms with van der Waals surface area (Å²) in [4.78, 5) is 22.4. The number of hydrogen-bond acceptors (Lipinski definition) is 5.